The summed E-state index contributed by atoms with van der Waals surface area (Å²) in [7, 11) is 0. The Morgan fingerprint density at radius 2 is 2.05 bits per heavy atom. The van der Waals surface area contributed by atoms with Gasteiger partial charge < -0.3 is 10.4 Å². The van der Waals surface area contributed by atoms with E-state index in [0.29, 0.717) is 10.9 Å². The summed E-state index contributed by atoms with van der Waals surface area (Å²) in [6.07, 6.45) is 0.352. The summed E-state index contributed by atoms with van der Waals surface area (Å²) >= 11 is 3.10. The van der Waals surface area contributed by atoms with E-state index in [0.717, 1.165) is 5.56 Å². The minimum Gasteiger partial charge on any atom is -0.481 e. The Morgan fingerprint density at radius 1 is 1.40 bits per heavy atom. The topological polar surface area (TPSA) is 66.4 Å². The molecule has 1 rings (SSSR count). The number of hydrogen-bond acceptors (Lipinski definition) is 2. The highest BCUT2D eigenvalue weighted by atomic mass is 79.9. The predicted molar refractivity (Wildman–Crippen MR) is 76.8 cm³/mol. The molecule has 1 aromatic rings. The lowest BCUT2D eigenvalue weighted by atomic mass is 10.00. The second-order valence-corrected chi connectivity index (χ2v) is 5.72. The van der Waals surface area contributed by atoms with Gasteiger partial charge in [-0.25, -0.2) is 4.39 Å². The van der Waals surface area contributed by atoms with Crippen molar-refractivity contribution in [1.29, 1.82) is 0 Å². The largest absolute Gasteiger partial charge is 0.481 e. The highest BCUT2D eigenvalue weighted by Crippen LogP contribution is 2.19. The quantitative estimate of drug-likeness (QED) is 0.832. The molecule has 2 unspecified atom stereocenters. The molecule has 4 nitrogen and oxygen atoms in total. The number of rotatable bonds is 6. The molecule has 0 radical (unpaired) electrons. The fraction of sp³-hybridized carbons (Fsp3) is 0.429. The Labute approximate surface area is 125 Å². The fourth-order valence-electron chi connectivity index (χ4n) is 1.81. The highest BCUT2D eigenvalue weighted by Gasteiger charge is 2.17. The first-order valence-corrected chi connectivity index (χ1v) is 7.05. The normalized spacial score (nSPS) is 13.6. The van der Waals surface area contributed by atoms with Gasteiger partial charge in [-0.2, -0.15) is 0 Å². The summed E-state index contributed by atoms with van der Waals surface area (Å²) in [5, 5.41) is 11.3. The lowest BCUT2D eigenvalue weighted by molar-refractivity contribution is -0.137. The predicted octanol–water partition coefficient (Wildman–Crippen LogP) is 2.75. The molecule has 0 saturated heterocycles. The van der Waals surface area contributed by atoms with Crippen LogP contribution in [-0.4, -0.2) is 23.0 Å². The molecule has 0 aliphatic carbocycles. The second-order valence-electron chi connectivity index (χ2n) is 4.86. The number of nitrogens with one attached hydrogen (secondary N) is 1. The zero-order chi connectivity index (χ0) is 15.3. The van der Waals surface area contributed by atoms with E-state index in [1.807, 2.05) is 0 Å². The molecule has 1 aromatic carbocycles. The van der Waals surface area contributed by atoms with Crippen LogP contribution in [0.15, 0.2) is 22.7 Å². The summed E-state index contributed by atoms with van der Waals surface area (Å²) in [5.41, 5.74) is 0.840. The van der Waals surface area contributed by atoms with Gasteiger partial charge in [-0.15, -0.1) is 0 Å². The summed E-state index contributed by atoms with van der Waals surface area (Å²) in [4.78, 5) is 22.4. The lowest BCUT2D eigenvalue weighted by Crippen LogP contribution is -2.38. The van der Waals surface area contributed by atoms with Crippen LogP contribution in [0.3, 0.4) is 0 Å². The van der Waals surface area contributed by atoms with Crippen LogP contribution in [0, 0.1) is 11.7 Å². The Hall–Kier alpha value is -1.43. The zero-order valence-corrected chi connectivity index (χ0v) is 12.9. The highest BCUT2D eigenvalue weighted by molar-refractivity contribution is 9.10. The van der Waals surface area contributed by atoms with Crippen molar-refractivity contribution in [2.45, 2.75) is 32.7 Å². The van der Waals surface area contributed by atoms with Crippen LogP contribution in [0.1, 0.15) is 25.8 Å². The van der Waals surface area contributed by atoms with Crippen molar-refractivity contribution in [2.24, 2.45) is 5.92 Å². The van der Waals surface area contributed by atoms with Crippen molar-refractivity contribution in [2.75, 3.05) is 0 Å². The van der Waals surface area contributed by atoms with Gasteiger partial charge in [0.05, 0.1) is 10.9 Å². The zero-order valence-electron chi connectivity index (χ0n) is 11.3. The molecule has 0 fully saturated rings. The van der Waals surface area contributed by atoms with Gasteiger partial charge in [0.25, 0.3) is 0 Å². The molecule has 0 spiro atoms. The van der Waals surface area contributed by atoms with Crippen LogP contribution >= 0.6 is 15.9 Å². The maximum atomic E-state index is 13.1. The molecule has 1 amide bonds. The molecule has 110 valence electrons. The molecule has 0 bridgehead atoms. The molecule has 0 aromatic heterocycles. The molecule has 2 N–H and O–H groups in total. The van der Waals surface area contributed by atoms with Crippen LogP contribution in [0.25, 0.3) is 0 Å². The van der Waals surface area contributed by atoms with Gasteiger partial charge >= 0.3 is 5.97 Å². The number of carbonyl (C=O) groups excluding carboxylic acids is 1. The number of benzene rings is 1. The van der Waals surface area contributed by atoms with Gasteiger partial charge in [-0.1, -0.05) is 13.0 Å². The molecular formula is C14H17BrFNO3. The van der Waals surface area contributed by atoms with Crippen molar-refractivity contribution in [3.05, 3.63) is 34.1 Å². The molecule has 0 heterocycles. The van der Waals surface area contributed by atoms with Crippen molar-refractivity contribution in [1.82, 2.24) is 5.32 Å². The molecule has 20 heavy (non-hydrogen) atoms. The summed E-state index contributed by atoms with van der Waals surface area (Å²) in [5.74, 6) is -1.82. The average Bonchev–Trinajstić information content (AvgIpc) is 2.32. The number of carbonyl (C=O) groups is 2. The third-order valence-electron chi connectivity index (χ3n) is 2.84. The first-order valence-electron chi connectivity index (χ1n) is 6.25. The van der Waals surface area contributed by atoms with Crippen LogP contribution < -0.4 is 5.32 Å². The lowest BCUT2D eigenvalue weighted by Gasteiger charge is -2.16. The van der Waals surface area contributed by atoms with Crippen LogP contribution in [0.4, 0.5) is 4.39 Å². The first-order chi connectivity index (χ1) is 9.29. The van der Waals surface area contributed by atoms with Crippen molar-refractivity contribution >= 4 is 27.8 Å². The van der Waals surface area contributed by atoms with E-state index >= 15 is 0 Å². The first kappa shape index (κ1) is 16.6. The second kappa shape index (κ2) is 7.38. The minimum atomic E-state index is -0.951. The molecular weight excluding hydrogens is 329 g/mol. The van der Waals surface area contributed by atoms with Crippen molar-refractivity contribution in [3.63, 3.8) is 0 Å². The van der Waals surface area contributed by atoms with Gasteiger partial charge in [-0.3, -0.25) is 9.59 Å². The number of halogens is 2. The van der Waals surface area contributed by atoms with Gasteiger partial charge in [0.1, 0.15) is 5.82 Å². The monoisotopic (exact) mass is 345 g/mol. The maximum Gasteiger partial charge on any atom is 0.305 e. The van der Waals surface area contributed by atoms with Crippen LogP contribution in [-0.2, 0) is 16.0 Å². The van der Waals surface area contributed by atoms with E-state index in [4.69, 9.17) is 5.11 Å². The fourth-order valence-corrected chi connectivity index (χ4v) is 2.24. The SMILES string of the molecule is CC(CC(=O)O)NC(=O)C(C)Cc1ccc(F)c(Br)c1. The van der Waals surface area contributed by atoms with Gasteiger partial charge in [0, 0.05) is 12.0 Å². The Morgan fingerprint density at radius 3 is 2.60 bits per heavy atom. The van der Waals surface area contributed by atoms with E-state index in [-0.39, 0.29) is 24.1 Å². The molecule has 2 atom stereocenters. The number of carboxylic acid groups (broad SMARTS) is 1. The van der Waals surface area contributed by atoms with E-state index in [1.54, 1.807) is 26.0 Å². The summed E-state index contributed by atoms with van der Waals surface area (Å²) < 4.78 is 13.5. The van der Waals surface area contributed by atoms with E-state index < -0.39 is 12.0 Å². The van der Waals surface area contributed by atoms with Gasteiger partial charge in [0.15, 0.2) is 0 Å². The van der Waals surface area contributed by atoms with Crippen molar-refractivity contribution in [3.8, 4) is 0 Å². The van der Waals surface area contributed by atoms with Crippen molar-refractivity contribution < 1.29 is 19.1 Å². The number of aliphatic carboxylic acids is 1. The van der Waals surface area contributed by atoms with Crippen LogP contribution in [0.2, 0.25) is 0 Å². The molecule has 6 heteroatoms. The van der Waals surface area contributed by atoms with Gasteiger partial charge in [-0.05, 0) is 47.0 Å². The standard InChI is InChI=1S/C14H17BrFNO3/c1-8(14(20)17-9(2)6-13(18)19)5-10-3-4-12(16)11(15)7-10/h3-4,7-9H,5-6H2,1-2H3,(H,17,20)(H,18,19). The molecule has 0 aliphatic heterocycles. The van der Waals surface area contributed by atoms with E-state index in [1.165, 1.54) is 6.07 Å². The minimum absolute atomic E-state index is 0.111. The average molecular weight is 346 g/mol. The Kier molecular flexibility index (Phi) is 6.13. The smallest absolute Gasteiger partial charge is 0.305 e. The Bertz CT molecular complexity index is 507. The number of hydrogen-bond donors (Lipinski definition) is 2. The Balaban J connectivity index is 2.56. The summed E-state index contributed by atoms with van der Waals surface area (Å²) in [6.45, 7) is 3.40. The van der Waals surface area contributed by atoms with Crippen LogP contribution in [0.5, 0.6) is 0 Å². The number of carboxylic acids is 1. The third kappa shape index (κ3) is 5.28. The van der Waals surface area contributed by atoms with Gasteiger partial charge in [0.2, 0.25) is 5.91 Å². The van der Waals surface area contributed by atoms with E-state index in [9.17, 15) is 14.0 Å². The number of amides is 1. The molecule has 0 saturated carbocycles. The molecule has 0 aliphatic rings. The third-order valence-corrected chi connectivity index (χ3v) is 3.45. The maximum absolute atomic E-state index is 13.1. The summed E-state index contributed by atoms with van der Waals surface area (Å²) in [6, 6.07) is 4.20. The van der Waals surface area contributed by atoms with E-state index in [2.05, 4.69) is 21.2 Å².